The van der Waals surface area contributed by atoms with E-state index in [0.29, 0.717) is 6.04 Å². The summed E-state index contributed by atoms with van der Waals surface area (Å²) in [6.45, 7) is 3.04. The zero-order valence-corrected chi connectivity index (χ0v) is 9.11. The normalized spacial score (nSPS) is 24.9. The van der Waals surface area contributed by atoms with Gasteiger partial charge >= 0.3 is 0 Å². The average Bonchev–Trinajstić information content (AvgIpc) is 2.52. The SMILES string of the molecule is CN1CC[N]C(c2ccc(Cl)s2)C1. The smallest absolute Gasteiger partial charge is 0.0931 e. The summed E-state index contributed by atoms with van der Waals surface area (Å²) in [5.74, 6) is 0. The minimum absolute atomic E-state index is 0.344. The van der Waals surface area contributed by atoms with Gasteiger partial charge in [-0.15, -0.1) is 11.3 Å². The summed E-state index contributed by atoms with van der Waals surface area (Å²) in [5, 5.41) is 4.57. The van der Waals surface area contributed by atoms with Crippen molar-refractivity contribution in [2.24, 2.45) is 0 Å². The predicted molar refractivity (Wildman–Crippen MR) is 56.6 cm³/mol. The van der Waals surface area contributed by atoms with Gasteiger partial charge < -0.3 is 4.90 Å². The van der Waals surface area contributed by atoms with Crippen LogP contribution in [0, 0.1) is 0 Å². The van der Waals surface area contributed by atoms with Gasteiger partial charge in [-0.25, -0.2) is 5.32 Å². The van der Waals surface area contributed by atoms with Crippen LogP contribution in [0.5, 0.6) is 0 Å². The molecular weight excluding hydrogens is 204 g/mol. The predicted octanol–water partition coefficient (Wildman–Crippen LogP) is 1.99. The van der Waals surface area contributed by atoms with Gasteiger partial charge in [-0.05, 0) is 19.2 Å². The first-order valence-corrected chi connectivity index (χ1v) is 5.55. The minimum Gasteiger partial charge on any atom is -0.303 e. The third-order valence-electron chi connectivity index (χ3n) is 2.24. The summed E-state index contributed by atoms with van der Waals surface area (Å²) < 4.78 is 0.860. The first kappa shape index (κ1) is 9.46. The zero-order chi connectivity index (χ0) is 9.26. The molecule has 1 aliphatic heterocycles. The van der Waals surface area contributed by atoms with Crippen molar-refractivity contribution in [3.8, 4) is 0 Å². The standard InChI is InChI=1S/C9H12ClN2S/c1-12-5-4-11-7(6-12)8-2-3-9(10)13-8/h2-3,7H,4-6H2,1H3. The molecule has 1 aromatic rings. The lowest BCUT2D eigenvalue weighted by Gasteiger charge is -2.28. The van der Waals surface area contributed by atoms with E-state index in [1.807, 2.05) is 6.07 Å². The Labute approximate surface area is 87.5 Å². The quantitative estimate of drug-likeness (QED) is 0.701. The number of nitrogens with zero attached hydrogens (tertiary/aromatic N) is 2. The Hall–Kier alpha value is -0.0900. The highest BCUT2D eigenvalue weighted by atomic mass is 35.5. The first-order chi connectivity index (χ1) is 6.25. The highest BCUT2D eigenvalue weighted by Gasteiger charge is 2.20. The Morgan fingerprint density at radius 1 is 1.62 bits per heavy atom. The van der Waals surface area contributed by atoms with Crippen molar-refractivity contribution in [2.45, 2.75) is 6.04 Å². The number of hydrogen-bond donors (Lipinski definition) is 0. The Bertz CT molecular complexity index is 287. The fourth-order valence-corrected chi connectivity index (χ4v) is 2.63. The second-order valence-corrected chi connectivity index (χ2v) is 5.07. The molecule has 0 amide bonds. The first-order valence-electron chi connectivity index (χ1n) is 4.36. The molecule has 1 aromatic heterocycles. The maximum absolute atomic E-state index is 5.88. The molecule has 2 rings (SSSR count). The van der Waals surface area contributed by atoms with E-state index in [4.69, 9.17) is 11.6 Å². The fourth-order valence-electron chi connectivity index (χ4n) is 1.52. The van der Waals surface area contributed by atoms with Crippen molar-refractivity contribution in [3.05, 3.63) is 21.3 Å². The molecule has 0 N–H and O–H groups in total. The Morgan fingerprint density at radius 3 is 3.08 bits per heavy atom. The van der Waals surface area contributed by atoms with Crippen LogP contribution in [0.1, 0.15) is 10.9 Å². The van der Waals surface area contributed by atoms with Crippen molar-refractivity contribution in [3.63, 3.8) is 0 Å². The third kappa shape index (κ3) is 2.23. The van der Waals surface area contributed by atoms with Crippen LogP contribution in [-0.2, 0) is 0 Å². The second-order valence-electron chi connectivity index (χ2n) is 3.33. The highest BCUT2D eigenvalue weighted by molar-refractivity contribution is 7.16. The van der Waals surface area contributed by atoms with Crippen molar-refractivity contribution in [1.29, 1.82) is 0 Å². The van der Waals surface area contributed by atoms with E-state index in [1.54, 1.807) is 11.3 Å². The van der Waals surface area contributed by atoms with E-state index in [0.717, 1.165) is 24.0 Å². The van der Waals surface area contributed by atoms with E-state index in [2.05, 4.69) is 23.3 Å². The van der Waals surface area contributed by atoms with Gasteiger partial charge in [0, 0.05) is 24.5 Å². The molecule has 0 saturated carbocycles. The summed E-state index contributed by atoms with van der Waals surface area (Å²) in [5.41, 5.74) is 0. The summed E-state index contributed by atoms with van der Waals surface area (Å²) in [6.07, 6.45) is 0. The van der Waals surface area contributed by atoms with E-state index >= 15 is 0 Å². The zero-order valence-electron chi connectivity index (χ0n) is 7.53. The lowest BCUT2D eigenvalue weighted by molar-refractivity contribution is 0.239. The molecule has 1 radical (unpaired) electrons. The molecule has 1 unspecified atom stereocenters. The van der Waals surface area contributed by atoms with Gasteiger partial charge in [-0.2, -0.15) is 0 Å². The third-order valence-corrected chi connectivity index (χ3v) is 3.57. The van der Waals surface area contributed by atoms with Crippen LogP contribution < -0.4 is 5.32 Å². The number of thiophene rings is 1. The molecule has 2 heterocycles. The second kappa shape index (κ2) is 3.96. The maximum atomic E-state index is 5.88. The maximum Gasteiger partial charge on any atom is 0.0931 e. The minimum atomic E-state index is 0.344. The lowest BCUT2D eigenvalue weighted by atomic mass is 10.2. The van der Waals surface area contributed by atoms with Gasteiger partial charge in [-0.1, -0.05) is 11.6 Å². The van der Waals surface area contributed by atoms with Crippen molar-refractivity contribution >= 4 is 22.9 Å². The Balaban J connectivity index is 2.08. The molecule has 4 heteroatoms. The molecule has 1 fully saturated rings. The molecule has 0 bridgehead atoms. The van der Waals surface area contributed by atoms with E-state index in [9.17, 15) is 0 Å². The molecule has 0 spiro atoms. The molecule has 1 atom stereocenters. The van der Waals surface area contributed by atoms with Crippen molar-refractivity contribution < 1.29 is 0 Å². The number of likely N-dealkylation sites (N-methyl/N-ethyl adjacent to an activating group) is 1. The summed E-state index contributed by atoms with van der Waals surface area (Å²) in [7, 11) is 2.14. The monoisotopic (exact) mass is 215 g/mol. The largest absolute Gasteiger partial charge is 0.303 e. The lowest BCUT2D eigenvalue weighted by Crippen LogP contribution is -2.39. The molecule has 13 heavy (non-hydrogen) atoms. The van der Waals surface area contributed by atoms with Crippen LogP contribution in [0.4, 0.5) is 0 Å². The van der Waals surface area contributed by atoms with Crippen LogP contribution in [0.15, 0.2) is 12.1 Å². The summed E-state index contributed by atoms with van der Waals surface area (Å²) in [6, 6.07) is 4.38. The van der Waals surface area contributed by atoms with Gasteiger partial charge in [-0.3, -0.25) is 0 Å². The van der Waals surface area contributed by atoms with Crippen molar-refractivity contribution in [1.82, 2.24) is 10.2 Å². The van der Waals surface area contributed by atoms with Crippen LogP contribution in [0.25, 0.3) is 0 Å². The fraction of sp³-hybridized carbons (Fsp3) is 0.556. The summed E-state index contributed by atoms with van der Waals surface area (Å²) >= 11 is 7.52. The number of halogens is 1. The number of hydrogen-bond acceptors (Lipinski definition) is 2. The van der Waals surface area contributed by atoms with Crippen LogP contribution >= 0.6 is 22.9 Å². The molecule has 2 nitrogen and oxygen atoms in total. The highest BCUT2D eigenvalue weighted by Crippen LogP contribution is 2.28. The molecule has 0 aliphatic carbocycles. The van der Waals surface area contributed by atoms with Gasteiger partial charge in [0.25, 0.3) is 0 Å². The van der Waals surface area contributed by atoms with E-state index in [-0.39, 0.29) is 0 Å². The number of piperazine rings is 1. The average molecular weight is 216 g/mol. The van der Waals surface area contributed by atoms with Gasteiger partial charge in [0.1, 0.15) is 0 Å². The topological polar surface area (TPSA) is 17.3 Å². The van der Waals surface area contributed by atoms with Gasteiger partial charge in [0.2, 0.25) is 0 Å². The molecule has 1 saturated heterocycles. The Kier molecular flexibility index (Phi) is 2.89. The molecule has 0 aromatic carbocycles. The molecular formula is C9H12ClN2S. The Morgan fingerprint density at radius 2 is 2.46 bits per heavy atom. The van der Waals surface area contributed by atoms with Crippen LogP contribution in [-0.4, -0.2) is 31.6 Å². The van der Waals surface area contributed by atoms with E-state index in [1.165, 1.54) is 4.88 Å². The molecule has 71 valence electrons. The number of rotatable bonds is 1. The van der Waals surface area contributed by atoms with Crippen LogP contribution in [0.2, 0.25) is 4.34 Å². The van der Waals surface area contributed by atoms with Crippen molar-refractivity contribution in [2.75, 3.05) is 26.7 Å². The van der Waals surface area contributed by atoms with Gasteiger partial charge in [0.05, 0.1) is 10.4 Å². The van der Waals surface area contributed by atoms with Crippen LogP contribution in [0.3, 0.4) is 0 Å². The summed E-state index contributed by atoms with van der Waals surface area (Å²) in [4.78, 5) is 3.60. The van der Waals surface area contributed by atoms with E-state index < -0.39 is 0 Å². The van der Waals surface area contributed by atoms with Gasteiger partial charge in [0.15, 0.2) is 0 Å². The molecule has 1 aliphatic rings.